The van der Waals surface area contributed by atoms with Gasteiger partial charge in [0.25, 0.3) is 0 Å². The molecule has 0 aromatic carbocycles. The molecule has 0 aliphatic rings. The quantitative estimate of drug-likeness (QED) is 0.269. The monoisotopic (exact) mass is 92.1 g/mol. The highest BCUT2D eigenvalue weighted by atomic mass is 16.2. The van der Waals surface area contributed by atoms with Crippen LogP contribution in [0.4, 0.5) is 0 Å². The molecule has 3 nitrogen and oxygen atoms in total. The van der Waals surface area contributed by atoms with Gasteiger partial charge in [-0.15, -0.1) is 0 Å². The van der Waals surface area contributed by atoms with Crippen LogP contribution in [0.1, 0.15) is 16.2 Å². The van der Waals surface area contributed by atoms with Gasteiger partial charge in [-0.05, 0) is 0 Å². The summed E-state index contributed by atoms with van der Waals surface area (Å²) in [6.45, 7) is 1.74. The third kappa shape index (κ3) is 1.72. The first-order valence-electron chi connectivity index (χ1n) is 1.80. The van der Waals surface area contributed by atoms with Gasteiger partial charge >= 0.3 is 0 Å². The van der Waals surface area contributed by atoms with E-state index in [1.807, 2.05) is 5.43 Å². The lowest BCUT2D eigenvalue weighted by Gasteiger charge is -1.87. The molecule has 0 aliphatic carbocycles. The van der Waals surface area contributed by atoms with Gasteiger partial charge in [0.1, 0.15) is 0 Å². The van der Waals surface area contributed by atoms with Crippen LogP contribution in [0, 0.1) is 0 Å². The number of carbonyl (C=O) groups is 1. The standard InChI is InChI=1S/C3H8N2O.2H2/c1-2-3(6)5-4;;/h2,4H2,1H3,(H,5,6);2*1H. The van der Waals surface area contributed by atoms with Crippen LogP contribution in [0.25, 0.3) is 0 Å². The van der Waals surface area contributed by atoms with E-state index in [1.54, 1.807) is 6.92 Å². The third-order valence-corrected chi connectivity index (χ3v) is 0.482. The lowest BCUT2D eigenvalue weighted by molar-refractivity contribution is -0.120. The van der Waals surface area contributed by atoms with Gasteiger partial charge in [0.15, 0.2) is 0 Å². The molecule has 0 radical (unpaired) electrons. The van der Waals surface area contributed by atoms with Crippen molar-refractivity contribution in [2.75, 3.05) is 0 Å². The smallest absolute Gasteiger partial charge is 0.233 e. The van der Waals surface area contributed by atoms with Crippen LogP contribution in [0.2, 0.25) is 0 Å². The Labute approximate surface area is 39.5 Å². The van der Waals surface area contributed by atoms with Crippen LogP contribution in [0.15, 0.2) is 0 Å². The fourth-order valence-corrected chi connectivity index (χ4v) is 0.102. The predicted octanol–water partition coefficient (Wildman–Crippen LogP) is -0.122. The van der Waals surface area contributed by atoms with E-state index in [2.05, 4.69) is 5.84 Å². The minimum atomic E-state index is -0.130. The third-order valence-electron chi connectivity index (χ3n) is 0.482. The molecule has 40 valence electrons. The first-order chi connectivity index (χ1) is 2.81. The lowest BCUT2D eigenvalue weighted by Crippen LogP contribution is -2.28. The summed E-state index contributed by atoms with van der Waals surface area (Å²) < 4.78 is 0. The number of nitrogens with two attached hydrogens (primary N) is 1. The highest BCUT2D eigenvalue weighted by Crippen LogP contribution is 1.66. The largest absolute Gasteiger partial charge is 0.294 e. The van der Waals surface area contributed by atoms with E-state index in [1.165, 1.54) is 0 Å². The van der Waals surface area contributed by atoms with E-state index in [0.717, 1.165) is 0 Å². The SMILES string of the molecule is CCC(=O)NN.[HH].[HH]. The molecule has 0 unspecified atom stereocenters. The number of hydrogen-bond acceptors (Lipinski definition) is 2. The van der Waals surface area contributed by atoms with Gasteiger partial charge in [0.2, 0.25) is 5.91 Å². The van der Waals surface area contributed by atoms with Crippen molar-refractivity contribution < 1.29 is 7.65 Å². The van der Waals surface area contributed by atoms with E-state index in [0.29, 0.717) is 6.42 Å². The molecule has 0 atom stereocenters. The molecule has 0 aromatic rings. The topological polar surface area (TPSA) is 55.1 Å². The molecule has 0 saturated heterocycles. The van der Waals surface area contributed by atoms with Crippen LogP contribution >= 0.6 is 0 Å². The van der Waals surface area contributed by atoms with E-state index in [-0.39, 0.29) is 8.76 Å². The van der Waals surface area contributed by atoms with Crippen molar-refractivity contribution in [3.05, 3.63) is 0 Å². The first-order valence-corrected chi connectivity index (χ1v) is 1.80. The number of nitrogens with one attached hydrogen (secondary N) is 1. The summed E-state index contributed by atoms with van der Waals surface area (Å²) in [5, 5.41) is 0. The molecule has 0 bridgehead atoms. The Morgan fingerprint density at radius 3 is 2.67 bits per heavy atom. The van der Waals surface area contributed by atoms with E-state index >= 15 is 0 Å². The van der Waals surface area contributed by atoms with Crippen LogP contribution < -0.4 is 11.3 Å². The summed E-state index contributed by atoms with van der Waals surface area (Å²) in [6, 6.07) is 0. The zero-order valence-corrected chi connectivity index (χ0v) is 3.69. The molecule has 3 heteroatoms. The molecule has 0 aromatic heterocycles. The van der Waals surface area contributed by atoms with Crippen molar-refractivity contribution in [2.45, 2.75) is 13.3 Å². The molecule has 0 aliphatic heterocycles. The molecule has 0 saturated carbocycles. The summed E-state index contributed by atoms with van der Waals surface area (Å²) in [5.74, 6) is 4.55. The summed E-state index contributed by atoms with van der Waals surface area (Å²) in [6.07, 6.45) is 0.455. The van der Waals surface area contributed by atoms with Gasteiger partial charge in [-0.2, -0.15) is 0 Å². The second-order valence-electron chi connectivity index (χ2n) is 0.921. The highest BCUT2D eigenvalue weighted by molar-refractivity contribution is 5.74. The second kappa shape index (κ2) is 2.66. The van der Waals surface area contributed by atoms with E-state index in [4.69, 9.17) is 0 Å². The molecule has 0 fully saturated rings. The van der Waals surface area contributed by atoms with Crippen molar-refractivity contribution in [2.24, 2.45) is 5.84 Å². The Morgan fingerprint density at radius 1 is 2.17 bits per heavy atom. The predicted molar refractivity (Wildman–Crippen MR) is 26.8 cm³/mol. The Morgan fingerprint density at radius 2 is 2.67 bits per heavy atom. The fraction of sp³-hybridized carbons (Fsp3) is 0.667. The van der Waals surface area contributed by atoms with E-state index < -0.39 is 0 Å². The Balaban J connectivity index is -0.000000125. The van der Waals surface area contributed by atoms with Crippen LogP contribution in [-0.2, 0) is 4.79 Å². The Hall–Kier alpha value is -0.570. The minimum Gasteiger partial charge on any atom is -0.294 e. The molecule has 6 heavy (non-hydrogen) atoms. The van der Waals surface area contributed by atoms with Crippen LogP contribution in [-0.4, -0.2) is 5.91 Å². The lowest BCUT2D eigenvalue weighted by atomic mass is 10.5. The first kappa shape index (κ1) is 5.43. The molecule has 1 amide bonds. The maximum absolute atomic E-state index is 9.94. The van der Waals surface area contributed by atoms with Gasteiger partial charge in [-0.1, -0.05) is 6.92 Å². The number of hydrazine groups is 1. The summed E-state index contributed by atoms with van der Waals surface area (Å²) >= 11 is 0. The number of hydrogen-bond donors (Lipinski definition) is 2. The number of carbonyl (C=O) groups excluding carboxylic acids is 1. The average Bonchev–Trinajstić information content (AvgIpc) is 1.65. The minimum absolute atomic E-state index is 0. The van der Waals surface area contributed by atoms with Gasteiger partial charge in [-0.3, -0.25) is 10.2 Å². The zero-order valence-electron chi connectivity index (χ0n) is 3.69. The van der Waals surface area contributed by atoms with Gasteiger partial charge in [0.05, 0.1) is 0 Å². The summed E-state index contributed by atoms with van der Waals surface area (Å²) in [4.78, 5) is 9.94. The van der Waals surface area contributed by atoms with Gasteiger partial charge in [-0.25, -0.2) is 5.84 Å². The van der Waals surface area contributed by atoms with Crippen LogP contribution in [0.3, 0.4) is 0 Å². The van der Waals surface area contributed by atoms with Gasteiger partial charge in [0, 0.05) is 9.27 Å². The molecular formula is C3H12N2O. The van der Waals surface area contributed by atoms with Crippen molar-refractivity contribution in [1.82, 2.24) is 5.43 Å². The molecule has 0 spiro atoms. The Kier molecular flexibility index (Phi) is 2.40. The van der Waals surface area contributed by atoms with Gasteiger partial charge < -0.3 is 0 Å². The molecular weight excluding hydrogens is 80.0 g/mol. The highest BCUT2D eigenvalue weighted by Gasteiger charge is 1.85. The average molecular weight is 92.1 g/mol. The molecule has 0 rings (SSSR count). The molecule has 0 heterocycles. The fourth-order valence-electron chi connectivity index (χ4n) is 0.102. The zero-order chi connectivity index (χ0) is 4.99. The normalized spacial score (nSPS) is 7.67. The van der Waals surface area contributed by atoms with Crippen molar-refractivity contribution in [3.8, 4) is 0 Å². The summed E-state index contributed by atoms with van der Waals surface area (Å²) in [7, 11) is 0. The van der Waals surface area contributed by atoms with Crippen molar-refractivity contribution in [3.63, 3.8) is 0 Å². The van der Waals surface area contributed by atoms with Crippen LogP contribution in [0.5, 0.6) is 0 Å². The molecule has 3 N–H and O–H groups in total. The van der Waals surface area contributed by atoms with E-state index in [9.17, 15) is 4.79 Å². The summed E-state index contributed by atoms with van der Waals surface area (Å²) in [5.41, 5.74) is 1.98. The second-order valence-corrected chi connectivity index (χ2v) is 0.921. The Bertz CT molecular complexity index is 53.2. The van der Waals surface area contributed by atoms with Crippen molar-refractivity contribution >= 4 is 5.91 Å². The number of rotatable bonds is 1. The number of amides is 1. The maximum atomic E-state index is 9.94. The van der Waals surface area contributed by atoms with Crippen molar-refractivity contribution in [1.29, 1.82) is 0 Å². The maximum Gasteiger partial charge on any atom is 0.233 e.